The number of fused-ring (bicyclic) bond motifs is 2. The fourth-order valence-electron chi connectivity index (χ4n) is 4.08. The summed E-state index contributed by atoms with van der Waals surface area (Å²) < 4.78 is 13.8. The summed E-state index contributed by atoms with van der Waals surface area (Å²) in [6.45, 7) is 4.78. The normalized spacial score (nSPS) is 19.0. The highest BCUT2D eigenvalue weighted by atomic mass is 16.5. The SMILES string of the molecule is O=C(O)c1c(OC2CN(Cc3nnc4n3CCNC4)C2)ccc2c1OBCC2. The van der Waals surface area contributed by atoms with Gasteiger partial charge in [-0.15, -0.1) is 10.2 Å². The van der Waals surface area contributed by atoms with Crippen LogP contribution in [0.15, 0.2) is 12.1 Å². The highest BCUT2D eigenvalue weighted by Crippen LogP contribution is 2.36. The first kappa shape index (κ1) is 17.5. The Morgan fingerprint density at radius 2 is 2.29 bits per heavy atom. The zero-order chi connectivity index (χ0) is 19.1. The number of nitrogens with one attached hydrogen (secondary N) is 1. The molecule has 0 unspecified atom stereocenters. The summed E-state index contributed by atoms with van der Waals surface area (Å²) in [7, 11) is 0.548. The number of aromatic carboxylic acids is 1. The number of carbonyl (C=O) groups is 1. The van der Waals surface area contributed by atoms with Gasteiger partial charge in [-0.3, -0.25) is 4.90 Å². The molecular weight excluding hydrogens is 361 g/mol. The molecule has 0 aliphatic carbocycles. The zero-order valence-corrected chi connectivity index (χ0v) is 15.6. The molecule has 0 saturated carbocycles. The zero-order valence-electron chi connectivity index (χ0n) is 15.6. The Hall–Kier alpha value is -2.59. The lowest BCUT2D eigenvalue weighted by atomic mass is 9.85. The number of hydrogen-bond acceptors (Lipinski definition) is 7. The molecule has 5 rings (SSSR count). The highest BCUT2D eigenvalue weighted by molar-refractivity contribution is 6.29. The molecule has 0 radical (unpaired) electrons. The Morgan fingerprint density at radius 1 is 1.39 bits per heavy atom. The Morgan fingerprint density at radius 3 is 3.14 bits per heavy atom. The maximum absolute atomic E-state index is 11.8. The Labute approximate surface area is 162 Å². The van der Waals surface area contributed by atoms with E-state index in [2.05, 4.69) is 25.0 Å². The van der Waals surface area contributed by atoms with Crippen LogP contribution < -0.4 is 14.7 Å². The number of likely N-dealkylation sites (tertiary alicyclic amines) is 1. The van der Waals surface area contributed by atoms with Crippen LogP contribution in [0.3, 0.4) is 0 Å². The lowest BCUT2D eigenvalue weighted by Crippen LogP contribution is -2.53. The third kappa shape index (κ3) is 3.12. The van der Waals surface area contributed by atoms with Crippen molar-refractivity contribution in [2.24, 2.45) is 0 Å². The molecule has 28 heavy (non-hydrogen) atoms. The van der Waals surface area contributed by atoms with Crippen LogP contribution in [0.25, 0.3) is 0 Å². The van der Waals surface area contributed by atoms with Gasteiger partial charge >= 0.3 is 13.5 Å². The van der Waals surface area contributed by atoms with Gasteiger partial charge < -0.3 is 24.4 Å². The van der Waals surface area contributed by atoms with Crippen LogP contribution in [0.1, 0.15) is 27.6 Å². The van der Waals surface area contributed by atoms with Crippen LogP contribution in [0.4, 0.5) is 0 Å². The molecule has 0 spiro atoms. The number of benzene rings is 1. The van der Waals surface area contributed by atoms with E-state index in [-0.39, 0.29) is 11.7 Å². The molecule has 3 aliphatic rings. The van der Waals surface area contributed by atoms with Crippen LogP contribution in [-0.2, 0) is 26.1 Å². The fourth-order valence-corrected chi connectivity index (χ4v) is 4.08. The van der Waals surface area contributed by atoms with Crippen molar-refractivity contribution < 1.29 is 19.3 Å². The number of nitrogens with zero attached hydrogens (tertiary/aromatic N) is 4. The summed E-state index contributed by atoms with van der Waals surface area (Å²) in [6, 6.07) is 3.69. The van der Waals surface area contributed by atoms with E-state index in [0.717, 1.165) is 69.2 Å². The van der Waals surface area contributed by atoms with Crippen LogP contribution >= 0.6 is 0 Å². The summed E-state index contributed by atoms with van der Waals surface area (Å²) in [6.07, 6.45) is 1.71. The van der Waals surface area contributed by atoms with E-state index in [1.807, 2.05) is 6.07 Å². The van der Waals surface area contributed by atoms with E-state index in [9.17, 15) is 9.90 Å². The molecule has 1 saturated heterocycles. The Bertz CT molecular complexity index is 912. The summed E-state index contributed by atoms with van der Waals surface area (Å²) >= 11 is 0. The van der Waals surface area contributed by atoms with Gasteiger partial charge in [0.25, 0.3) is 0 Å². The standard InChI is InChI=1S/C18H22BN5O4/c25-18(26)16-13(2-1-11-3-4-19-28-17(11)16)27-12-8-23(9-12)10-15-22-21-14-7-20-5-6-24(14)15/h1-2,12,19-20H,3-10H2,(H,25,26). The minimum Gasteiger partial charge on any atom is -0.563 e. The van der Waals surface area contributed by atoms with Crippen molar-refractivity contribution in [1.29, 1.82) is 0 Å². The average Bonchev–Trinajstić information content (AvgIpc) is 3.08. The van der Waals surface area contributed by atoms with Gasteiger partial charge in [0.2, 0.25) is 0 Å². The molecular formula is C18H22BN5O4. The van der Waals surface area contributed by atoms with E-state index in [1.54, 1.807) is 6.07 Å². The van der Waals surface area contributed by atoms with E-state index in [4.69, 9.17) is 9.39 Å². The van der Waals surface area contributed by atoms with Crippen molar-refractivity contribution in [3.8, 4) is 11.5 Å². The molecule has 3 aliphatic heterocycles. The van der Waals surface area contributed by atoms with Gasteiger partial charge in [-0.1, -0.05) is 6.07 Å². The lowest BCUT2D eigenvalue weighted by molar-refractivity contribution is 0.0112. The van der Waals surface area contributed by atoms with Crippen molar-refractivity contribution >= 4 is 13.5 Å². The number of rotatable bonds is 5. The van der Waals surface area contributed by atoms with Crippen molar-refractivity contribution in [2.45, 2.75) is 38.5 Å². The minimum absolute atomic E-state index is 0.0369. The third-order valence-corrected chi connectivity index (χ3v) is 5.53. The molecule has 0 bridgehead atoms. The molecule has 0 atom stereocenters. The van der Waals surface area contributed by atoms with Crippen LogP contribution in [-0.4, -0.2) is 64.0 Å². The predicted molar refractivity (Wildman–Crippen MR) is 101 cm³/mol. The topological polar surface area (TPSA) is 102 Å². The van der Waals surface area contributed by atoms with E-state index >= 15 is 0 Å². The van der Waals surface area contributed by atoms with Gasteiger partial charge in [-0.2, -0.15) is 0 Å². The summed E-state index contributed by atoms with van der Waals surface area (Å²) in [5.41, 5.74) is 1.09. The molecule has 1 fully saturated rings. The van der Waals surface area contributed by atoms with Crippen molar-refractivity contribution in [3.63, 3.8) is 0 Å². The minimum atomic E-state index is -1.01. The van der Waals surface area contributed by atoms with Gasteiger partial charge in [-0.05, 0) is 24.4 Å². The monoisotopic (exact) mass is 383 g/mol. The first-order chi connectivity index (χ1) is 13.7. The Balaban J connectivity index is 1.24. The quantitative estimate of drug-likeness (QED) is 0.699. The van der Waals surface area contributed by atoms with Gasteiger partial charge in [0, 0.05) is 26.2 Å². The molecule has 2 aromatic rings. The number of carboxylic acid groups (broad SMARTS) is 1. The third-order valence-electron chi connectivity index (χ3n) is 5.53. The average molecular weight is 383 g/mol. The number of carboxylic acids is 1. The maximum atomic E-state index is 11.8. The summed E-state index contributed by atoms with van der Waals surface area (Å²) in [5.74, 6) is 1.81. The summed E-state index contributed by atoms with van der Waals surface area (Å²) in [4.78, 5) is 14.0. The van der Waals surface area contributed by atoms with Gasteiger partial charge in [0.15, 0.2) is 0 Å². The highest BCUT2D eigenvalue weighted by Gasteiger charge is 2.32. The fraction of sp³-hybridized carbons (Fsp3) is 0.500. The first-order valence-corrected chi connectivity index (χ1v) is 9.71. The lowest BCUT2D eigenvalue weighted by Gasteiger charge is -2.39. The van der Waals surface area contributed by atoms with Crippen LogP contribution in [0.2, 0.25) is 6.32 Å². The number of aryl methyl sites for hydroxylation is 1. The molecule has 146 valence electrons. The first-order valence-electron chi connectivity index (χ1n) is 9.71. The van der Waals surface area contributed by atoms with E-state index < -0.39 is 5.97 Å². The molecule has 2 N–H and O–H groups in total. The van der Waals surface area contributed by atoms with Gasteiger partial charge in [0.1, 0.15) is 34.8 Å². The second kappa shape index (κ2) is 7.10. The molecule has 4 heterocycles. The summed E-state index contributed by atoms with van der Waals surface area (Å²) in [5, 5.41) is 21.5. The van der Waals surface area contributed by atoms with Gasteiger partial charge in [0.05, 0.1) is 13.1 Å². The smallest absolute Gasteiger partial charge is 0.343 e. The number of hydrogen-bond donors (Lipinski definition) is 2. The largest absolute Gasteiger partial charge is 0.563 e. The maximum Gasteiger partial charge on any atom is 0.343 e. The van der Waals surface area contributed by atoms with Crippen molar-refractivity contribution in [3.05, 3.63) is 34.9 Å². The molecule has 9 nitrogen and oxygen atoms in total. The predicted octanol–water partition coefficient (Wildman–Crippen LogP) is 0.0474. The number of aromatic nitrogens is 3. The second-order valence-electron chi connectivity index (χ2n) is 7.48. The van der Waals surface area contributed by atoms with Crippen LogP contribution in [0, 0.1) is 0 Å². The molecule has 10 heteroatoms. The van der Waals surface area contributed by atoms with E-state index in [0.29, 0.717) is 19.0 Å². The second-order valence-corrected chi connectivity index (χ2v) is 7.48. The molecule has 1 aromatic carbocycles. The van der Waals surface area contributed by atoms with Crippen molar-refractivity contribution in [1.82, 2.24) is 25.0 Å². The molecule has 1 aromatic heterocycles. The van der Waals surface area contributed by atoms with Crippen molar-refractivity contribution in [2.75, 3.05) is 19.6 Å². The molecule has 0 amide bonds. The van der Waals surface area contributed by atoms with Crippen LogP contribution in [0.5, 0.6) is 11.5 Å². The van der Waals surface area contributed by atoms with E-state index in [1.165, 1.54) is 0 Å². The number of ether oxygens (including phenoxy) is 1. The Kier molecular flexibility index (Phi) is 4.44. The van der Waals surface area contributed by atoms with Gasteiger partial charge in [-0.25, -0.2) is 4.79 Å².